The number of carbonyl (C=O) groups is 4. The van der Waals surface area contributed by atoms with E-state index in [0.29, 0.717) is 0 Å². The molecule has 9 nitrogen and oxygen atoms in total. The van der Waals surface area contributed by atoms with Crippen molar-refractivity contribution in [2.75, 3.05) is 0 Å². The summed E-state index contributed by atoms with van der Waals surface area (Å²) in [7, 11) is 0. The predicted molar refractivity (Wildman–Crippen MR) is 73.8 cm³/mol. The van der Waals surface area contributed by atoms with Crippen LogP contribution in [0, 0.1) is 5.92 Å². The van der Waals surface area contributed by atoms with Gasteiger partial charge in [-0.3, -0.25) is 19.2 Å². The summed E-state index contributed by atoms with van der Waals surface area (Å²) in [6, 6.07) is -3.21. The van der Waals surface area contributed by atoms with Gasteiger partial charge in [0.25, 0.3) is 0 Å². The highest BCUT2D eigenvalue weighted by Crippen LogP contribution is 2.03. The third-order valence-electron chi connectivity index (χ3n) is 2.73. The minimum atomic E-state index is -1.19. The Hall–Kier alpha value is -2.16. The molecule has 0 aromatic carbocycles. The highest BCUT2D eigenvalue weighted by Gasteiger charge is 2.28. The third kappa shape index (κ3) is 6.70. The molecule has 3 amide bonds. The van der Waals surface area contributed by atoms with Crippen LogP contribution in [0.25, 0.3) is 0 Å². The van der Waals surface area contributed by atoms with Crippen LogP contribution < -0.4 is 22.1 Å². The van der Waals surface area contributed by atoms with Gasteiger partial charge in [-0.25, -0.2) is 0 Å². The van der Waals surface area contributed by atoms with E-state index in [1.54, 1.807) is 13.8 Å². The van der Waals surface area contributed by atoms with E-state index in [-0.39, 0.29) is 12.3 Å². The molecule has 9 heteroatoms. The highest BCUT2D eigenvalue weighted by atomic mass is 16.4. The summed E-state index contributed by atoms with van der Waals surface area (Å²) in [6.45, 7) is 4.66. The average Bonchev–Trinajstić information content (AvgIpc) is 2.33. The van der Waals surface area contributed by atoms with Gasteiger partial charge in [0.1, 0.15) is 12.1 Å². The third-order valence-corrected chi connectivity index (χ3v) is 2.73. The minimum Gasteiger partial charge on any atom is -0.480 e. The van der Waals surface area contributed by atoms with E-state index < -0.39 is 41.8 Å². The van der Waals surface area contributed by atoms with E-state index in [1.165, 1.54) is 6.92 Å². The number of hydrogen-bond donors (Lipinski definition) is 5. The minimum absolute atomic E-state index is 0.296. The first-order valence-electron chi connectivity index (χ1n) is 6.43. The van der Waals surface area contributed by atoms with Crippen molar-refractivity contribution in [3.05, 3.63) is 0 Å². The van der Waals surface area contributed by atoms with E-state index in [1.807, 2.05) is 0 Å². The van der Waals surface area contributed by atoms with Crippen LogP contribution in [-0.4, -0.2) is 46.9 Å². The van der Waals surface area contributed by atoms with Gasteiger partial charge in [0, 0.05) is 0 Å². The standard InChI is InChI=1S/C12H22N4O5/c1-5(2)9(11(19)15-6(3)12(20)21)16-10(18)7(13)4-8(14)17/h5-7,9H,4,13H2,1-3H3,(H2,14,17)(H,15,19)(H,16,18)(H,20,21)/t6-,7-,9-/m0/s1. The Labute approximate surface area is 122 Å². The van der Waals surface area contributed by atoms with Crippen LogP contribution in [0.3, 0.4) is 0 Å². The molecular formula is C12H22N4O5. The van der Waals surface area contributed by atoms with Crippen molar-refractivity contribution in [1.82, 2.24) is 10.6 Å². The number of carboxylic acid groups (broad SMARTS) is 1. The van der Waals surface area contributed by atoms with Crippen LogP contribution in [0.15, 0.2) is 0 Å². The number of carboxylic acids is 1. The molecule has 0 saturated carbocycles. The van der Waals surface area contributed by atoms with Gasteiger partial charge in [-0.1, -0.05) is 13.8 Å². The smallest absolute Gasteiger partial charge is 0.325 e. The quantitative estimate of drug-likeness (QED) is 0.345. The molecule has 0 saturated heterocycles. The lowest BCUT2D eigenvalue weighted by molar-refractivity contribution is -0.142. The number of aliphatic carboxylic acids is 1. The fraction of sp³-hybridized carbons (Fsp3) is 0.667. The van der Waals surface area contributed by atoms with Gasteiger partial charge in [-0.2, -0.15) is 0 Å². The maximum Gasteiger partial charge on any atom is 0.325 e. The van der Waals surface area contributed by atoms with Gasteiger partial charge in [0.05, 0.1) is 12.5 Å². The number of amides is 3. The largest absolute Gasteiger partial charge is 0.480 e. The Morgan fingerprint density at radius 2 is 1.57 bits per heavy atom. The van der Waals surface area contributed by atoms with Crippen LogP contribution in [0.5, 0.6) is 0 Å². The van der Waals surface area contributed by atoms with Gasteiger partial charge < -0.3 is 27.2 Å². The second kappa shape index (κ2) is 8.20. The number of primary amides is 1. The van der Waals surface area contributed by atoms with Crippen molar-refractivity contribution in [2.24, 2.45) is 17.4 Å². The molecule has 120 valence electrons. The number of carbonyl (C=O) groups excluding carboxylic acids is 3. The van der Waals surface area contributed by atoms with Crippen molar-refractivity contribution in [3.63, 3.8) is 0 Å². The number of rotatable bonds is 8. The summed E-state index contributed by atoms with van der Waals surface area (Å²) in [5.41, 5.74) is 10.4. The van der Waals surface area contributed by atoms with Crippen LogP contribution in [0.2, 0.25) is 0 Å². The zero-order chi connectivity index (χ0) is 16.7. The fourth-order valence-corrected chi connectivity index (χ4v) is 1.47. The molecule has 0 aromatic heterocycles. The molecule has 7 N–H and O–H groups in total. The zero-order valence-corrected chi connectivity index (χ0v) is 12.3. The molecule has 0 aliphatic heterocycles. The summed E-state index contributed by atoms with van der Waals surface area (Å²) in [6.07, 6.45) is -0.343. The molecule has 21 heavy (non-hydrogen) atoms. The van der Waals surface area contributed by atoms with Crippen molar-refractivity contribution < 1.29 is 24.3 Å². The molecular weight excluding hydrogens is 280 g/mol. The van der Waals surface area contributed by atoms with Gasteiger partial charge in [0.2, 0.25) is 17.7 Å². The van der Waals surface area contributed by atoms with E-state index in [4.69, 9.17) is 16.6 Å². The highest BCUT2D eigenvalue weighted by molar-refractivity contribution is 5.93. The Morgan fingerprint density at radius 1 is 1.05 bits per heavy atom. The van der Waals surface area contributed by atoms with Crippen LogP contribution in [0.1, 0.15) is 27.2 Å². The van der Waals surface area contributed by atoms with Gasteiger partial charge in [0.15, 0.2) is 0 Å². The van der Waals surface area contributed by atoms with E-state index in [0.717, 1.165) is 0 Å². The van der Waals surface area contributed by atoms with Crippen molar-refractivity contribution in [3.8, 4) is 0 Å². The summed E-state index contributed by atoms with van der Waals surface area (Å²) in [5, 5.41) is 13.4. The molecule has 0 heterocycles. The molecule has 0 bridgehead atoms. The maximum atomic E-state index is 12.0. The first-order chi connectivity index (χ1) is 9.56. The molecule has 0 spiro atoms. The maximum absolute atomic E-state index is 12.0. The summed E-state index contributed by atoms with van der Waals surface area (Å²) in [5.74, 6) is -3.56. The molecule has 0 aliphatic carbocycles. The summed E-state index contributed by atoms with van der Waals surface area (Å²) < 4.78 is 0. The Kier molecular flexibility index (Phi) is 7.36. The van der Waals surface area contributed by atoms with E-state index in [2.05, 4.69) is 10.6 Å². The average molecular weight is 302 g/mol. The normalized spacial score (nSPS) is 14.9. The predicted octanol–water partition coefficient (Wildman–Crippen LogP) is -2.08. The number of nitrogens with two attached hydrogens (primary N) is 2. The SMILES string of the molecule is CC(C)[C@H](NC(=O)[C@@H](N)CC(N)=O)C(=O)N[C@@H](C)C(=O)O. The Bertz CT molecular complexity index is 424. The lowest BCUT2D eigenvalue weighted by Gasteiger charge is -2.24. The summed E-state index contributed by atoms with van der Waals surface area (Å²) >= 11 is 0. The van der Waals surface area contributed by atoms with Crippen LogP contribution in [0.4, 0.5) is 0 Å². The second-order valence-electron chi connectivity index (χ2n) is 5.08. The van der Waals surface area contributed by atoms with E-state index >= 15 is 0 Å². The van der Waals surface area contributed by atoms with Crippen molar-refractivity contribution in [2.45, 2.75) is 45.3 Å². The molecule has 0 radical (unpaired) electrons. The summed E-state index contributed by atoms with van der Waals surface area (Å²) in [4.78, 5) is 45.1. The molecule has 0 aromatic rings. The number of hydrogen-bond acceptors (Lipinski definition) is 5. The molecule has 0 fully saturated rings. The van der Waals surface area contributed by atoms with Crippen LogP contribution >= 0.6 is 0 Å². The van der Waals surface area contributed by atoms with E-state index in [9.17, 15) is 19.2 Å². The first kappa shape index (κ1) is 18.8. The second-order valence-corrected chi connectivity index (χ2v) is 5.08. The first-order valence-corrected chi connectivity index (χ1v) is 6.43. The lowest BCUT2D eigenvalue weighted by atomic mass is 10.0. The Balaban J connectivity index is 4.76. The zero-order valence-electron chi connectivity index (χ0n) is 12.3. The Morgan fingerprint density at radius 3 is 1.95 bits per heavy atom. The lowest BCUT2D eigenvalue weighted by Crippen LogP contribution is -2.56. The van der Waals surface area contributed by atoms with Crippen molar-refractivity contribution >= 4 is 23.7 Å². The molecule has 0 aliphatic rings. The monoisotopic (exact) mass is 302 g/mol. The van der Waals surface area contributed by atoms with Crippen LogP contribution in [-0.2, 0) is 19.2 Å². The van der Waals surface area contributed by atoms with Crippen molar-refractivity contribution in [1.29, 1.82) is 0 Å². The topological polar surface area (TPSA) is 165 Å². The number of nitrogens with one attached hydrogen (secondary N) is 2. The molecule has 3 atom stereocenters. The van der Waals surface area contributed by atoms with Gasteiger partial charge >= 0.3 is 5.97 Å². The molecule has 0 rings (SSSR count). The molecule has 0 unspecified atom stereocenters. The van der Waals surface area contributed by atoms with Gasteiger partial charge in [-0.15, -0.1) is 0 Å². The fourth-order valence-electron chi connectivity index (χ4n) is 1.47. The van der Waals surface area contributed by atoms with Gasteiger partial charge in [-0.05, 0) is 12.8 Å².